The molecule has 0 radical (unpaired) electrons. The fourth-order valence-electron chi connectivity index (χ4n) is 7.14. The third-order valence-electron chi connectivity index (χ3n) is 9.81. The molecule has 2 spiro atoms. The first-order valence-corrected chi connectivity index (χ1v) is 14.2. The summed E-state index contributed by atoms with van der Waals surface area (Å²) in [5.41, 5.74) is 0.662. The van der Waals surface area contributed by atoms with E-state index in [9.17, 15) is 14.0 Å². The zero-order valence-corrected chi connectivity index (χ0v) is 22.2. The number of aromatic amines is 1. The largest absolute Gasteiger partial charge is 0.481 e. The number of H-pyrrole nitrogens is 1. The van der Waals surface area contributed by atoms with Gasteiger partial charge in [0.25, 0.3) is 5.91 Å². The van der Waals surface area contributed by atoms with Crippen LogP contribution in [0.5, 0.6) is 5.88 Å². The summed E-state index contributed by atoms with van der Waals surface area (Å²) in [6.45, 7) is 3.25. The highest BCUT2D eigenvalue weighted by atomic mass is 19.1. The minimum Gasteiger partial charge on any atom is -0.481 e. The predicted molar refractivity (Wildman–Crippen MR) is 138 cm³/mol. The number of aromatic nitrogens is 3. The van der Waals surface area contributed by atoms with Crippen molar-refractivity contribution in [1.82, 2.24) is 30.3 Å². The molecule has 5 fully saturated rings. The molecule has 3 atom stereocenters. The molecule has 2 saturated carbocycles. The van der Waals surface area contributed by atoms with E-state index in [4.69, 9.17) is 9.47 Å². The lowest BCUT2D eigenvalue weighted by atomic mass is 9.70. The van der Waals surface area contributed by atoms with Crippen molar-refractivity contribution in [3.05, 3.63) is 29.8 Å². The number of nitrogens with one attached hydrogen (secondary N) is 2. The van der Waals surface area contributed by atoms with Gasteiger partial charge in [-0.15, -0.1) is 0 Å². The van der Waals surface area contributed by atoms with Gasteiger partial charge in [-0.05, 0) is 57.4 Å². The zero-order valence-electron chi connectivity index (χ0n) is 22.2. The number of hydrogen-bond donors (Lipinski definition) is 2. The number of hydrogen-bond acceptors (Lipinski definition) is 7. The van der Waals surface area contributed by atoms with E-state index in [1.807, 2.05) is 4.90 Å². The Morgan fingerprint density at radius 2 is 2.05 bits per heavy atom. The zero-order chi connectivity index (χ0) is 26.8. The molecule has 11 heteroatoms. The number of amides is 2. The van der Waals surface area contributed by atoms with Crippen molar-refractivity contribution in [2.75, 3.05) is 33.4 Å². The summed E-state index contributed by atoms with van der Waals surface area (Å²) in [6, 6.07) is 3.72. The molecule has 39 heavy (non-hydrogen) atoms. The van der Waals surface area contributed by atoms with Gasteiger partial charge in [-0.25, -0.2) is 9.37 Å². The normalized spacial score (nSPS) is 28.7. The van der Waals surface area contributed by atoms with Gasteiger partial charge in [-0.3, -0.25) is 19.6 Å². The van der Waals surface area contributed by atoms with Gasteiger partial charge in [-0.1, -0.05) is 0 Å². The molecule has 208 valence electrons. The van der Waals surface area contributed by atoms with Gasteiger partial charge in [0.05, 0.1) is 37.3 Å². The van der Waals surface area contributed by atoms with E-state index < -0.39 is 5.82 Å². The summed E-state index contributed by atoms with van der Waals surface area (Å²) in [4.78, 5) is 35.0. The van der Waals surface area contributed by atoms with E-state index in [-0.39, 0.29) is 46.4 Å². The molecule has 2 aliphatic carbocycles. The first-order valence-electron chi connectivity index (χ1n) is 14.2. The summed E-state index contributed by atoms with van der Waals surface area (Å²) in [5.74, 6) is -0.406. The molecule has 5 aliphatic rings. The van der Waals surface area contributed by atoms with Crippen LogP contribution in [-0.2, 0) is 9.53 Å². The van der Waals surface area contributed by atoms with E-state index in [2.05, 4.69) is 25.4 Å². The lowest BCUT2D eigenvalue weighted by Gasteiger charge is -2.58. The Kier molecular flexibility index (Phi) is 5.93. The standard InChI is InChI=1S/C28H35FN6O4/c1-38-24-11-19(20(29)14-30-24)21-12-22(33-32-21)26(37)35-10-3-17(13-27(35)7-8-27)25(36)31-18-4-9-34(15-18)23-16-39-28(23)5-2-6-28/h11-12,14,17-18,23H,2-10,13,15-16H2,1H3,(H,31,36)(H,32,33)/t17-,18-,23-/m0/s1. The third kappa shape index (κ3) is 4.21. The van der Waals surface area contributed by atoms with Gasteiger partial charge in [0, 0.05) is 48.8 Å². The smallest absolute Gasteiger partial charge is 0.272 e. The Morgan fingerprint density at radius 3 is 2.74 bits per heavy atom. The van der Waals surface area contributed by atoms with Crippen LogP contribution in [0.3, 0.4) is 0 Å². The average molecular weight is 539 g/mol. The highest BCUT2D eigenvalue weighted by Gasteiger charge is 2.56. The van der Waals surface area contributed by atoms with Crippen LogP contribution in [0.1, 0.15) is 61.9 Å². The molecule has 5 heterocycles. The summed E-state index contributed by atoms with van der Waals surface area (Å²) in [7, 11) is 1.46. The maximum absolute atomic E-state index is 14.4. The van der Waals surface area contributed by atoms with Crippen molar-refractivity contribution in [2.24, 2.45) is 5.92 Å². The molecular formula is C28H35FN6O4. The van der Waals surface area contributed by atoms with Crippen LogP contribution in [0, 0.1) is 11.7 Å². The van der Waals surface area contributed by atoms with Gasteiger partial charge < -0.3 is 19.7 Å². The number of methoxy groups -OCH3 is 1. The minimum atomic E-state index is -0.541. The molecule has 2 amide bonds. The quantitative estimate of drug-likeness (QED) is 0.581. The molecule has 0 unspecified atom stereocenters. The molecule has 2 aromatic heterocycles. The monoisotopic (exact) mass is 538 g/mol. The van der Waals surface area contributed by atoms with Crippen molar-refractivity contribution >= 4 is 11.8 Å². The van der Waals surface area contributed by atoms with Crippen molar-refractivity contribution in [3.63, 3.8) is 0 Å². The maximum Gasteiger partial charge on any atom is 0.272 e. The topological polar surface area (TPSA) is 113 Å². The SMILES string of the molecule is COc1cc(-c2cc(C(=O)N3CC[C@H](C(=O)N[C@H]4CCN([C@H]5COC56CCC6)C4)CC34CC4)[nH]n2)c(F)cn1. The predicted octanol–water partition coefficient (Wildman–Crippen LogP) is 2.52. The number of nitrogens with zero attached hydrogens (tertiary/aromatic N) is 4. The van der Waals surface area contributed by atoms with Crippen LogP contribution in [0.2, 0.25) is 0 Å². The molecule has 3 aliphatic heterocycles. The Bertz CT molecular complexity index is 1290. The third-order valence-corrected chi connectivity index (χ3v) is 9.81. The van der Waals surface area contributed by atoms with Crippen LogP contribution in [0.25, 0.3) is 11.3 Å². The molecule has 3 saturated heterocycles. The van der Waals surface area contributed by atoms with Gasteiger partial charge in [0.15, 0.2) is 5.82 Å². The van der Waals surface area contributed by atoms with Crippen molar-refractivity contribution in [1.29, 1.82) is 0 Å². The lowest BCUT2D eigenvalue weighted by molar-refractivity contribution is -0.246. The molecule has 0 aromatic carbocycles. The van der Waals surface area contributed by atoms with Gasteiger partial charge in [0.1, 0.15) is 5.69 Å². The second-order valence-electron chi connectivity index (χ2n) is 12.0. The number of halogens is 1. The highest BCUT2D eigenvalue weighted by molar-refractivity contribution is 5.94. The first kappa shape index (κ1) is 25.0. The summed E-state index contributed by atoms with van der Waals surface area (Å²) < 4.78 is 25.4. The second-order valence-corrected chi connectivity index (χ2v) is 12.0. The minimum absolute atomic E-state index is 0.0914. The Hall–Kier alpha value is -3.05. The number of pyridine rings is 1. The van der Waals surface area contributed by atoms with Gasteiger partial charge >= 0.3 is 0 Å². The van der Waals surface area contributed by atoms with E-state index in [1.54, 1.807) is 6.07 Å². The molecule has 2 N–H and O–H groups in total. The van der Waals surface area contributed by atoms with Crippen LogP contribution < -0.4 is 10.1 Å². The number of ether oxygens (including phenoxy) is 2. The van der Waals surface area contributed by atoms with E-state index >= 15 is 0 Å². The second kappa shape index (κ2) is 9.26. The lowest BCUT2D eigenvalue weighted by Crippen LogP contribution is -2.68. The molecule has 2 aromatic rings. The van der Waals surface area contributed by atoms with E-state index in [0.29, 0.717) is 36.8 Å². The maximum atomic E-state index is 14.4. The fraction of sp³-hybridized carbons (Fsp3) is 0.643. The number of carbonyl (C=O) groups excluding carboxylic acids is 2. The van der Waals surface area contributed by atoms with Crippen molar-refractivity contribution < 1.29 is 23.5 Å². The Balaban J connectivity index is 0.968. The van der Waals surface area contributed by atoms with Crippen LogP contribution in [0.15, 0.2) is 18.3 Å². The van der Waals surface area contributed by atoms with E-state index in [0.717, 1.165) is 45.2 Å². The Morgan fingerprint density at radius 1 is 1.21 bits per heavy atom. The van der Waals surface area contributed by atoms with Crippen molar-refractivity contribution in [3.8, 4) is 17.1 Å². The Labute approximate surface area is 226 Å². The number of rotatable bonds is 6. The molecule has 7 rings (SSSR count). The van der Waals surface area contributed by atoms with Crippen molar-refractivity contribution in [2.45, 2.75) is 74.6 Å². The van der Waals surface area contributed by atoms with Gasteiger partial charge in [0.2, 0.25) is 11.8 Å². The van der Waals surface area contributed by atoms with Crippen LogP contribution in [-0.4, -0.2) is 93.4 Å². The van der Waals surface area contributed by atoms with Crippen LogP contribution in [0.4, 0.5) is 4.39 Å². The number of likely N-dealkylation sites (tertiary alicyclic amines) is 2. The fourth-order valence-corrected chi connectivity index (χ4v) is 7.14. The molecule has 0 bridgehead atoms. The highest BCUT2D eigenvalue weighted by Crippen LogP contribution is 2.51. The first-order chi connectivity index (χ1) is 18.9. The van der Waals surface area contributed by atoms with E-state index in [1.165, 1.54) is 32.4 Å². The molecule has 10 nitrogen and oxygen atoms in total. The van der Waals surface area contributed by atoms with Crippen LogP contribution >= 0.6 is 0 Å². The molecular weight excluding hydrogens is 503 g/mol. The summed E-state index contributed by atoms with van der Waals surface area (Å²) in [5, 5.41) is 10.3. The summed E-state index contributed by atoms with van der Waals surface area (Å²) in [6.07, 6.45) is 8.74. The average Bonchev–Trinajstić information content (AvgIpc) is 3.26. The summed E-state index contributed by atoms with van der Waals surface area (Å²) >= 11 is 0. The number of piperidine rings is 1. The van der Waals surface area contributed by atoms with Gasteiger partial charge in [-0.2, -0.15) is 5.10 Å². The number of carbonyl (C=O) groups is 2.